The monoisotopic (exact) mass is 477 g/mol. The van der Waals surface area contributed by atoms with E-state index in [-0.39, 0.29) is 18.0 Å². The SMILES string of the molecule is COc1ccc([C@]2(C)NC(=O)N(CC(=O)N(C)Cc3ccc(OC(F)F)c(OC)c3)C2=O)cc1. The Hall–Kier alpha value is -3.89. The molecule has 2 aromatic rings. The van der Waals surface area contributed by atoms with Crippen molar-refractivity contribution in [1.82, 2.24) is 15.1 Å². The molecular formula is C23H25F2N3O6. The molecule has 2 aromatic carbocycles. The molecule has 0 unspecified atom stereocenters. The highest BCUT2D eigenvalue weighted by molar-refractivity contribution is 6.09. The zero-order valence-electron chi connectivity index (χ0n) is 19.1. The lowest BCUT2D eigenvalue weighted by Crippen LogP contribution is -2.43. The molecule has 1 atom stereocenters. The number of ether oxygens (including phenoxy) is 3. The quantitative estimate of drug-likeness (QED) is 0.558. The maximum Gasteiger partial charge on any atom is 0.387 e. The van der Waals surface area contributed by atoms with Crippen molar-refractivity contribution in [3.63, 3.8) is 0 Å². The summed E-state index contributed by atoms with van der Waals surface area (Å²) in [5, 5.41) is 2.65. The number of urea groups is 1. The normalized spacial score (nSPS) is 17.6. The molecular weight excluding hydrogens is 452 g/mol. The number of hydrogen-bond acceptors (Lipinski definition) is 6. The second-order valence-electron chi connectivity index (χ2n) is 7.79. The number of likely N-dealkylation sites (N-methyl/N-ethyl adjacent to an activating group) is 1. The largest absolute Gasteiger partial charge is 0.497 e. The molecule has 4 amide bonds. The van der Waals surface area contributed by atoms with Gasteiger partial charge >= 0.3 is 12.6 Å². The van der Waals surface area contributed by atoms with Gasteiger partial charge < -0.3 is 24.4 Å². The highest BCUT2D eigenvalue weighted by Crippen LogP contribution is 2.31. The number of methoxy groups -OCH3 is 2. The topological polar surface area (TPSA) is 97.4 Å². The third kappa shape index (κ3) is 5.03. The molecule has 0 radical (unpaired) electrons. The fraction of sp³-hybridized carbons (Fsp3) is 0.348. The maximum absolute atomic E-state index is 13.1. The molecule has 0 bridgehead atoms. The third-order valence-electron chi connectivity index (χ3n) is 5.53. The molecule has 1 aliphatic rings. The number of alkyl halides is 2. The van der Waals surface area contributed by atoms with Gasteiger partial charge in [-0.2, -0.15) is 8.78 Å². The van der Waals surface area contributed by atoms with Crippen molar-refractivity contribution >= 4 is 17.8 Å². The Morgan fingerprint density at radius 2 is 1.76 bits per heavy atom. The maximum atomic E-state index is 13.1. The number of halogens is 2. The fourth-order valence-electron chi connectivity index (χ4n) is 3.58. The Bertz CT molecular complexity index is 1080. The van der Waals surface area contributed by atoms with Crippen LogP contribution in [0.15, 0.2) is 42.5 Å². The molecule has 0 aliphatic carbocycles. The summed E-state index contributed by atoms with van der Waals surface area (Å²) in [7, 11) is 4.33. The van der Waals surface area contributed by atoms with Crippen molar-refractivity contribution in [1.29, 1.82) is 0 Å². The van der Waals surface area contributed by atoms with Crippen molar-refractivity contribution in [2.24, 2.45) is 0 Å². The van der Waals surface area contributed by atoms with E-state index in [0.29, 0.717) is 16.9 Å². The number of amides is 4. The summed E-state index contributed by atoms with van der Waals surface area (Å²) in [6.07, 6.45) is 0. The van der Waals surface area contributed by atoms with Gasteiger partial charge in [-0.25, -0.2) is 4.79 Å². The average Bonchev–Trinajstić information content (AvgIpc) is 3.03. The van der Waals surface area contributed by atoms with Gasteiger partial charge in [0.25, 0.3) is 5.91 Å². The average molecular weight is 477 g/mol. The lowest BCUT2D eigenvalue weighted by molar-refractivity contribution is -0.138. The number of carbonyl (C=O) groups excluding carboxylic acids is 3. The Balaban J connectivity index is 1.69. The number of carbonyl (C=O) groups is 3. The van der Waals surface area contributed by atoms with Gasteiger partial charge in [-0.1, -0.05) is 18.2 Å². The van der Waals surface area contributed by atoms with E-state index in [1.54, 1.807) is 31.2 Å². The van der Waals surface area contributed by atoms with Crippen LogP contribution in [0.25, 0.3) is 0 Å². The Kier molecular flexibility index (Phi) is 7.23. The molecule has 1 N–H and O–H groups in total. The van der Waals surface area contributed by atoms with Gasteiger partial charge in [0.05, 0.1) is 14.2 Å². The second kappa shape index (κ2) is 9.94. The predicted molar refractivity (Wildman–Crippen MR) is 117 cm³/mol. The molecule has 3 rings (SSSR count). The van der Waals surface area contributed by atoms with Crippen LogP contribution in [0.2, 0.25) is 0 Å². The zero-order valence-corrected chi connectivity index (χ0v) is 19.1. The standard InChI is InChI=1S/C23H25F2N3O6/c1-23(15-6-8-16(32-3)9-7-15)20(30)28(22(31)26-23)13-19(29)27(2)12-14-5-10-17(34-21(24)25)18(11-14)33-4/h5-11,21H,12-13H2,1-4H3,(H,26,31)/t23-/m0/s1. The van der Waals surface area contributed by atoms with Gasteiger partial charge in [-0.15, -0.1) is 0 Å². The van der Waals surface area contributed by atoms with Crippen LogP contribution in [0, 0.1) is 0 Å². The summed E-state index contributed by atoms with van der Waals surface area (Å²) in [4.78, 5) is 40.5. The van der Waals surface area contributed by atoms with E-state index < -0.39 is 36.5 Å². The minimum atomic E-state index is -3.00. The first kappa shape index (κ1) is 24.7. The van der Waals surface area contributed by atoms with Gasteiger partial charge in [0.2, 0.25) is 5.91 Å². The van der Waals surface area contributed by atoms with E-state index in [9.17, 15) is 23.2 Å². The van der Waals surface area contributed by atoms with Crippen molar-refractivity contribution < 1.29 is 37.4 Å². The van der Waals surface area contributed by atoms with Crippen LogP contribution in [0.3, 0.4) is 0 Å². The first-order valence-corrected chi connectivity index (χ1v) is 10.2. The Morgan fingerprint density at radius 1 is 1.09 bits per heavy atom. The van der Waals surface area contributed by atoms with Crippen LogP contribution in [0.5, 0.6) is 17.2 Å². The second-order valence-corrected chi connectivity index (χ2v) is 7.79. The molecule has 0 aromatic heterocycles. The first-order valence-electron chi connectivity index (χ1n) is 10.2. The third-order valence-corrected chi connectivity index (χ3v) is 5.53. The minimum Gasteiger partial charge on any atom is -0.497 e. The summed E-state index contributed by atoms with van der Waals surface area (Å²) in [6, 6.07) is 10.3. The van der Waals surface area contributed by atoms with Crippen molar-refractivity contribution in [3.05, 3.63) is 53.6 Å². The molecule has 1 aliphatic heterocycles. The van der Waals surface area contributed by atoms with Crippen molar-refractivity contribution in [2.75, 3.05) is 27.8 Å². The van der Waals surface area contributed by atoms with Gasteiger partial charge in [0.1, 0.15) is 17.8 Å². The molecule has 1 saturated heterocycles. The molecule has 1 fully saturated rings. The van der Waals surface area contributed by atoms with Gasteiger partial charge in [0, 0.05) is 13.6 Å². The lowest BCUT2D eigenvalue weighted by Gasteiger charge is -2.23. The lowest BCUT2D eigenvalue weighted by atomic mass is 9.92. The first-order chi connectivity index (χ1) is 16.1. The van der Waals surface area contributed by atoms with Gasteiger partial charge in [-0.3, -0.25) is 14.5 Å². The molecule has 34 heavy (non-hydrogen) atoms. The van der Waals surface area contributed by atoms with Crippen LogP contribution in [0.1, 0.15) is 18.1 Å². The fourth-order valence-corrected chi connectivity index (χ4v) is 3.58. The number of benzene rings is 2. The summed E-state index contributed by atoms with van der Waals surface area (Å²) in [5.74, 6) is -0.493. The van der Waals surface area contributed by atoms with E-state index in [1.165, 1.54) is 44.4 Å². The highest BCUT2D eigenvalue weighted by atomic mass is 19.3. The molecule has 11 heteroatoms. The Labute approximate surface area is 195 Å². The van der Waals surface area contributed by atoms with Crippen LogP contribution in [0.4, 0.5) is 13.6 Å². The van der Waals surface area contributed by atoms with E-state index in [4.69, 9.17) is 9.47 Å². The molecule has 0 saturated carbocycles. The van der Waals surface area contributed by atoms with E-state index in [0.717, 1.165) is 4.90 Å². The number of rotatable bonds is 9. The van der Waals surface area contributed by atoms with E-state index in [2.05, 4.69) is 10.1 Å². The molecule has 9 nitrogen and oxygen atoms in total. The summed E-state index contributed by atoms with van der Waals surface area (Å²) >= 11 is 0. The van der Waals surface area contributed by atoms with Gasteiger partial charge in [0.15, 0.2) is 11.5 Å². The number of nitrogens with one attached hydrogen (secondary N) is 1. The Morgan fingerprint density at radius 3 is 2.35 bits per heavy atom. The molecule has 1 heterocycles. The molecule has 0 spiro atoms. The predicted octanol–water partition coefficient (Wildman–Crippen LogP) is 2.73. The summed E-state index contributed by atoms with van der Waals surface area (Å²) in [5.41, 5.74) is -0.196. The zero-order chi connectivity index (χ0) is 25.0. The van der Waals surface area contributed by atoms with Crippen LogP contribution >= 0.6 is 0 Å². The molecule has 182 valence electrons. The highest BCUT2D eigenvalue weighted by Gasteiger charge is 2.49. The number of imide groups is 1. The van der Waals surface area contributed by atoms with Gasteiger partial charge in [-0.05, 0) is 42.3 Å². The summed E-state index contributed by atoms with van der Waals surface area (Å²) < 4.78 is 39.6. The van der Waals surface area contributed by atoms with Crippen molar-refractivity contribution in [2.45, 2.75) is 25.6 Å². The van der Waals surface area contributed by atoms with E-state index in [1.807, 2.05) is 0 Å². The van der Waals surface area contributed by atoms with Crippen LogP contribution < -0.4 is 19.5 Å². The minimum absolute atomic E-state index is 0.0861. The smallest absolute Gasteiger partial charge is 0.387 e. The van der Waals surface area contributed by atoms with Crippen LogP contribution in [-0.2, 0) is 21.7 Å². The van der Waals surface area contributed by atoms with Crippen molar-refractivity contribution in [3.8, 4) is 17.2 Å². The van der Waals surface area contributed by atoms with E-state index >= 15 is 0 Å². The number of nitrogens with zero attached hydrogens (tertiary/aromatic N) is 2. The number of hydrogen-bond donors (Lipinski definition) is 1. The van der Waals surface area contributed by atoms with Crippen LogP contribution in [-0.4, -0.2) is 62.1 Å². The summed E-state index contributed by atoms with van der Waals surface area (Å²) in [6.45, 7) is -1.81.